The van der Waals surface area contributed by atoms with Crippen LogP contribution in [0, 0.1) is 0 Å². The van der Waals surface area contributed by atoms with E-state index in [9.17, 15) is 4.79 Å². The number of halogens is 1. The molecule has 1 amide bonds. The zero-order valence-corrected chi connectivity index (χ0v) is 13.4. The summed E-state index contributed by atoms with van der Waals surface area (Å²) < 4.78 is 0. The molecule has 20 heavy (non-hydrogen) atoms. The number of hydrogen-bond donors (Lipinski definition) is 2. The fraction of sp³-hybridized carbons (Fsp3) is 0.533. The normalized spacial score (nSPS) is 11.8. The molecule has 0 saturated heterocycles. The lowest BCUT2D eigenvalue weighted by molar-refractivity contribution is -0.120. The Hall–Kier alpha value is -1.26. The van der Waals surface area contributed by atoms with Crippen molar-refractivity contribution in [3.05, 3.63) is 29.8 Å². The third-order valence-corrected chi connectivity index (χ3v) is 3.45. The van der Waals surface area contributed by atoms with Gasteiger partial charge in [-0.25, -0.2) is 0 Å². The number of nitrogen functional groups attached to an aromatic ring is 1. The second-order valence-electron chi connectivity index (χ2n) is 5.01. The van der Waals surface area contributed by atoms with Gasteiger partial charge in [0.15, 0.2) is 0 Å². The summed E-state index contributed by atoms with van der Waals surface area (Å²) in [5, 5.41) is 2.94. The van der Waals surface area contributed by atoms with Gasteiger partial charge < -0.3 is 16.0 Å². The fourth-order valence-corrected chi connectivity index (χ4v) is 1.85. The maximum Gasteiger partial charge on any atom is 0.224 e. The van der Waals surface area contributed by atoms with Crippen LogP contribution in [0.3, 0.4) is 0 Å². The molecule has 1 unspecified atom stereocenters. The van der Waals surface area contributed by atoms with E-state index in [1.54, 1.807) is 0 Å². The van der Waals surface area contributed by atoms with Gasteiger partial charge in [0.2, 0.25) is 5.91 Å². The molecule has 4 nitrogen and oxygen atoms in total. The van der Waals surface area contributed by atoms with Crippen LogP contribution in [-0.2, 0) is 11.2 Å². The Bertz CT molecular complexity index is 412. The lowest BCUT2D eigenvalue weighted by Gasteiger charge is -2.23. The number of rotatable bonds is 7. The van der Waals surface area contributed by atoms with Gasteiger partial charge in [-0.2, -0.15) is 0 Å². The van der Waals surface area contributed by atoms with Crippen molar-refractivity contribution in [2.24, 2.45) is 0 Å². The first kappa shape index (κ1) is 18.7. The highest BCUT2D eigenvalue weighted by molar-refractivity contribution is 5.85. The van der Waals surface area contributed by atoms with Gasteiger partial charge in [-0.1, -0.05) is 19.1 Å². The molecule has 0 aliphatic rings. The average Bonchev–Trinajstić information content (AvgIpc) is 2.37. The molecule has 114 valence electrons. The van der Waals surface area contributed by atoms with Gasteiger partial charge in [0, 0.05) is 24.8 Å². The van der Waals surface area contributed by atoms with E-state index in [-0.39, 0.29) is 18.3 Å². The smallest absolute Gasteiger partial charge is 0.224 e. The van der Waals surface area contributed by atoms with Crippen molar-refractivity contribution in [1.82, 2.24) is 10.2 Å². The monoisotopic (exact) mass is 299 g/mol. The van der Waals surface area contributed by atoms with Crippen LogP contribution in [0.5, 0.6) is 0 Å². The number of likely N-dealkylation sites (N-methyl/N-ethyl adjacent to an activating group) is 1. The van der Waals surface area contributed by atoms with E-state index in [2.05, 4.69) is 31.1 Å². The van der Waals surface area contributed by atoms with Crippen molar-refractivity contribution in [2.75, 3.05) is 25.9 Å². The van der Waals surface area contributed by atoms with Crippen LogP contribution in [0.15, 0.2) is 24.3 Å². The molecular weight excluding hydrogens is 274 g/mol. The predicted octanol–water partition coefficient (Wildman–Crippen LogP) is 2.08. The molecule has 0 fully saturated rings. The molecule has 1 rings (SSSR count). The maximum absolute atomic E-state index is 11.8. The molecular formula is C15H26ClN3O. The number of nitrogens with one attached hydrogen (secondary N) is 1. The van der Waals surface area contributed by atoms with E-state index >= 15 is 0 Å². The molecule has 1 aromatic carbocycles. The van der Waals surface area contributed by atoms with E-state index in [1.807, 2.05) is 24.3 Å². The molecule has 0 aliphatic carbocycles. The first-order valence-electron chi connectivity index (χ1n) is 6.84. The molecule has 1 atom stereocenters. The van der Waals surface area contributed by atoms with Gasteiger partial charge in [-0.05, 0) is 38.1 Å². The summed E-state index contributed by atoms with van der Waals surface area (Å²) in [4.78, 5) is 14.0. The Labute approximate surface area is 128 Å². The summed E-state index contributed by atoms with van der Waals surface area (Å²) in [6.45, 7) is 5.91. The number of carbonyl (C=O) groups excluding carboxylic acids is 1. The van der Waals surface area contributed by atoms with Crippen molar-refractivity contribution in [3.63, 3.8) is 0 Å². The topological polar surface area (TPSA) is 58.4 Å². The molecule has 0 aromatic heterocycles. The number of anilines is 1. The van der Waals surface area contributed by atoms with Gasteiger partial charge in [0.25, 0.3) is 0 Å². The molecule has 0 saturated carbocycles. The minimum Gasteiger partial charge on any atom is -0.399 e. The molecule has 1 aromatic rings. The van der Waals surface area contributed by atoms with Crippen LogP contribution in [0.1, 0.15) is 25.8 Å². The van der Waals surface area contributed by atoms with Crippen molar-refractivity contribution in [2.45, 2.75) is 32.7 Å². The maximum atomic E-state index is 11.8. The SMILES string of the molecule is CCC(C)N(C)CCNC(=O)Cc1cccc(N)c1.Cl. The number of nitrogens with two attached hydrogens (primary N) is 1. The highest BCUT2D eigenvalue weighted by atomic mass is 35.5. The number of benzene rings is 1. The summed E-state index contributed by atoms with van der Waals surface area (Å²) in [6, 6.07) is 7.99. The Kier molecular flexibility index (Phi) is 9.01. The molecule has 0 aliphatic heterocycles. The Morgan fingerprint density at radius 2 is 2.15 bits per heavy atom. The van der Waals surface area contributed by atoms with Gasteiger partial charge in [0.1, 0.15) is 0 Å². The largest absolute Gasteiger partial charge is 0.399 e. The Morgan fingerprint density at radius 3 is 2.75 bits per heavy atom. The predicted molar refractivity (Wildman–Crippen MR) is 87.2 cm³/mol. The van der Waals surface area contributed by atoms with Crippen LogP contribution in [0.2, 0.25) is 0 Å². The van der Waals surface area contributed by atoms with Crippen molar-refractivity contribution in [3.8, 4) is 0 Å². The van der Waals surface area contributed by atoms with Gasteiger partial charge in [-0.3, -0.25) is 4.79 Å². The zero-order chi connectivity index (χ0) is 14.3. The fourth-order valence-electron chi connectivity index (χ4n) is 1.85. The van der Waals surface area contributed by atoms with Gasteiger partial charge in [-0.15, -0.1) is 12.4 Å². The van der Waals surface area contributed by atoms with E-state index in [4.69, 9.17) is 5.73 Å². The second-order valence-corrected chi connectivity index (χ2v) is 5.01. The highest BCUT2D eigenvalue weighted by Crippen LogP contribution is 2.06. The van der Waals surface area contributed by atoms with Crippen molar-refractivity contribution in [1.29, 1.82) is 0 Å². The Balaban J connectivity index is 0.00000361. The van der Waals surface area contributed by atoms with Crippen molar-refractivity contribution >= 4 is 24.0 Å². The quantitative estimate of drug-likeness (QED) is 0.758. The molecule has 5 heteroatoms. The summed E-state index contributed by atoms with van der Waals surface area (Å²) in [6.07, 6.45) is 1.51. The van der Waals surface area contributed by atoms with Crippen LogP contribution in [0.25, 0.3) is 0 Å². The third-order valence-electron chi connectivity index (χ3n) is 3.45. The lowest BCUT2D eigenvalue weighted by atomic mass is 10.1. The van der Waals surface area contributed by atoms with E-state index in [0.717, 1.165) is 18.5 Å². The van der Waals surface area contributed by atoms with Crippen molar-refractivity contribution < 1.29 is 4.79 Å². The summed E-state index contributed by atoms with van der Waals surface area (Å²) in [7, 11) is 2.08. The first-order chi connectivity index (χ1) is 9.02. The van der Waals surface area contributed by atoms with Crippen LogP contribution in [0.4, 0.5) is 5.69 Å². The average molecular weight is 300 g/mol. The number of amides is 1. The van der Waals surface area contributed by atoms with E-state index in [0.29, 0.717) is 24.7 Å². The molecule has 0 heterocycles. The van der Waals surface area contributed by atoms with Gasteiger partial charge >= 0.3 is 0 Å². The molecule has 3 N–H and O–H groups in total. The van der Waals surface area contributed by atoms with E-state index in [1.165, 1.54) is 0 Å². The minimum atomic E-state index is 0. The minimum absolute atomic E-state index is 0. The summed E-state index contributed by atoms with van der Waals surface area (Å²) in [5.41, 5.74) is 7.33. The number of nitrogens with zero attached hydrogens (tertiary/aromatic N) is 1. The Morgan fingerprint density at radius 1 is 1.45 bits per heavy atom. The van der Waals surface area contributed by atoms with Crippen LogP contribution < -0.4 is 11.1 Å². The third kappa shape index (κ3) is 6.78. The zero-order valence-electron chi connectivity index (χ0n) is 12.6. The van der Waals surface area contributed by atoms with E-state index < -0.39 is 0 Å². The standard InChI is InChI=1S/C15H25N3O.ClH/c1-4-12(2)18(3)9-8-17-15(19)11-13-6-5-7-14(16)10-13;/h5-7,10,12H,4,8-9,11,16H2,1-3H3,(H,17,19);1H. The highest BCUT2D eigenvalue weighted by Gasteiger charge is 2.07. The summed E-state index contributed by atoms with van der Waals surface area (Å²) >= 11 is 0. The first-order valence-corrected chi connectivity index (χ1v) is 6.84. The number of carbonyl (C=O) groups is 1. The molecule has 0 radical (unpaired) electrons. The van der Waals surface area contributed by atoms with Gasteiger partial charge in [0.05, 0.1) is 6.42 Å². The number of hydrogen-bond acceptors (Lipinski definition) is 3. The second kappa shape index (κ2) is 9.61. The van der Waals surface area contributed by atoms with Crippen LogP contribution >= 0.6 is 12.4 Å². The molecule has 0 bridgehead atoms. The molecule has 0 spiro atoms. The summed E-state index contributed by atoms with van der Waals surface area (Å²) in [5.74, 6) is 0.0446. The lowest BCUT2D eigenvalue weighted by Crippen LogP contribution is -2.37. The van der Waals surface area contributed by atoms with Crippen LogP contribution in [-0.4, -0.2) is 37.0 Å².